The topological polar surface area (TPSA) is 33.4 Å². The van der Waals surface area contributed by atoms with Crippen LogP contribution >= 0.6 is 0 Å². The largest absolute Gasteiger partial charge is 0.469 e. The maximum Gasteiger partial charge on any atom is 0.106 e. The summed E-state index contributed by atoms with van der Waals surface area (Å²) in [6.07, 6.45) is 1.76. The van der Waals surface area contributed by atoms with Gasteiger partial charge in [-0.2, -0.15) is 0 Å². The molecule has 0 spiro atoms. The molecule has 0 aliphatic carbocycles. The average Bonchev–Trinajstić information content (AvgIpc) is 2.68. The first kappa shape index (κ1) is 11.0. The first-order valence-corrected chi connectivity index (χ1v) is 5.45. The summed E-state index contributed by atoms with van der Waals surface area (Å²) in [4.78, 5) is 0. The second-order valence-corrected chi connectivity index (χ2v) is 4.08. The molecule has 16 heavy (non-hydrogen) atoms. The van der Waals surface area contributed by atoms with Gasteiger partial charge in [0.25, 0.3) is 0 Å². The van der Waals surface area contributed by atoms with Crippen LogP contribution in [0, 0.1) is 13.8 Å². The first-order chi connectivity index (χ1) is 7.68. The predicted octanol–water partition coefficient (Wildman–Crippen LogP) is 3.17. The van der Waals surface area contributed by atoms with Gasteiger partial charge in [-0.15, -0.1) is 0 Å². The van der Waals surface area contributed by atoms with E-state index in [4.69, 9.17) is 4.42 Å². The zero-order valence-electron chi connectivity index (χ0n) is 9.60. The van der Waals surface area contributed by atoms with Crippen LogP contribution in [0.5, 0.6) is 0 Å². The Kier molecular flexibility index (Phi) is 3.11. The number of hydrogen-bond acceptors (Lipinski definition) is 2. The highest BCUT2D eigenvalue weighted by molar-refractivity contribution is 5.28. The van der Waals surface area contributed by atoms with Gasteiger partial charge in [-0.25, -0.2) is 0 Å². The summed E-state index contributed by atoms with van der Waals surface area (Å²) in [7, 11) is 0. The van der Waals surface area contributed by atoms with Crippen molar-refractivity contribution in [3.8, 4) is 0 Å². The van der Waals surface area contributed by atoms with Crippen molar-refractivity contribution in [3.05, 3.63) is 59.0 Å². The Labute approximate surface area is 95.5 Å². The van der Waals surface area contributed by atoms with Crippen molar-refractivity contribution in [1.29, 1.82) is 0 Å². The third-order valence-corrected chi connectivity index (χ3v) is 2.93. The van der Waals surface area contributed by atoms with E-state index in [0.717, 1.165) is 11.3 Å². The minimum absolute atomic E-state index is 0.486. The molecule has 0 bridgehead atoms. The van der Waals surface area contributed by atoms with Crippen molar-refractivity contribution in [3.63, 3.8) is 0 Å². The zero-order chi connectivity index (χ0) is 11.5. The molecule has 1 aromatic carbocycles. The minimum atomic E-state index is -0.486. The molecule has 84 valence electrons. The lowest BCUT2D eigenvalue weighted by Gasteiger charge is -2.11. The quantitative estimate of drug-likeness (QED) is 0.854. The van der Waals surface area contributed by atoms with Gasteiger partial charge in [-0.3, -0.25) is 0 Å². The molecule has 0 aliphatic heterocycles. The van der Waals surface area contributed by atoms with Crippen LogP contribution in [-0.2, 0) is 6.42 Å². The number of aliphatic hydroxyl groups excluding tert-OH is 1. The van der Waals surface area contributed by atoms with Gasteiger partial charge in [0, 0.05) is 12.0 Å². The monoisotopic (exact) mass is 216 g/mol. The van der Waals surface area contributed by atoms with E-state index in [2.05, 4.69) is 13.0 Å². The molecule has 1 unspecified atom stereocenters. The third-order valence-electron chi connectivity index (χ3n) is 2.93. The van der Waals surface area contributed by atoms with Gasteiger partial charge in [0.05, 0.1) is 12.4 Å². The van der Waals surface area contributed by atoms with Gasteiger partial charge in [0.15, 0.2) is 0 Å². The molecule has 0 amide bonds. The summed E-state index contributed by atoms with van der Waals surface area (Å²) in [5.74, 6) is 0.793. The van der Waals surface area contributed by atoms with Crippen LogP contribution in [0.4, 0.5) is 0 Å². The lowest BCUT2D eigenvalue weighted by molar-refractivity contribution is 0.176. The number of aliphatic hydroxyl groups is 1. The Morgan fingerprint density at radius 1 is 1.19 bits per heavy atom. The summed E-state index contributed by atoms with van der Waals surface area (Å²) in [6, 6.07) is 9.95. The van der Waals surface area contributed by atoms with Crippen LogP contribution in [0.15, 0.2) is 41.0 Å². The summed E-state index contributed by atoms with van der Waals surface area (Å²) in [5.41, 5.74) is 3.27. The van der Waals surface area contributed by atoms with Gasteiger partial charge < -0.3 is 9.52 Å². The summed E-state index contributed by atoms with van der Waals surface area (Å²) < 4.78 is 5.19. The van der Waals surface area contributed by atoms with E-state index in [1.807, 2.05) is 31.2 Å². The molecular formula is C14H16O2. The molecule has 1 atom stereocenters. The van der Waals surface area contributed by atoms with Crippen LogP contribution in [0.3, 0.4) is 0 Å². The van der Waals surface area contributed by atoms with Gasteiger partial charge >= 0.3 is 0 Å². The van der Waals surface area contributed by atoms with E-state index in [1.165, 1.54) is 11.1 Å². The van der Waals surface area contributed by atoms with Crippen molar-refractivity contribution in [2.75, 3.05) is 0 Å². The number of benzene rings is 1. The summed E-state index contributed by atoms with van der Waals surface area (Å²) >= 11 is 0. The average molecular weight is 216 g/mol. The standard InChI is InChI=1S/C14H16O2/c1-10-5-3-4-6-12(10)9-14(15)13-7-8-16-11(13)2/h3-8,14-15H,9H2,1-2H3. The highest BCUT2D eigenvalue weighted by Gasteiger charge is 2.13. The van der Waals surface area contributed by atoms with E-state index >= 15 is 0 Å². The molecule has 1 heterocycles. The van der Waals surface area contributed by atoms with Crippen LogP contribution < -0.4 is 0 Å². The van der Waals surface area contributed by atoms with Crippen molar-refractivity contribution >= 4 is 0 Å². The molecule has 0 fully saturated rings. The normalized spacial score (nSPS) is 12.7. The van der Waals surface area contributed by atoms with Crippen LogP contribution in [0.2, 0.25) is 0 Å². The fourth-order valence-corrected chi connectivity index (χ4v) is 1.90. The van der Waals surface area contributed by atoms with E-state index in [-0.39, 0.29) is 0 Å². The Morgan fingerprint density at radius 2 is 1.94 bits per heavy atom. The smallest absolute Gasteiger partial charge is 0.106 e. The van der Waals surface area contributed by atoms with Gasteiger partial charge in [-0.05, 0) is 31.0 Å². The predicted molar refractivity (Wildman–Crippen MR) is 63.3 cm³/mol. The molecule has 2 rings (SSSR count). The van der Waals surface area contributed by atoms with E-state index < -0.39 is 6.10 Å². The van der Waals surface area contributed by atoms with E-state index in [9.17, 15) is 5.11 Å². The first-order valence-electron chi connectivity index (χ1n) is 5.45. The molecule has 0 saturated heterocycles. The van der Waals surface area contributed by atoms with Crippen molar-refractivity contribution < 1.29 is 9.52 Å². The van der Waals surface area contributed by atoms with Gasteiger partial charge in [-0.1, -0.05) is 24.3 Å². The fourth-order valence-electron chi connectivity index (χ4n) is 1.90. The lowest BCUT2D eigenvalue weighted by Crippen LogP contribution is -2.03. The molecule has 0 radical (unpaired) electrons. The lowest BCUT2D eigenvalue weighted by atomic mass is 9.99. The fraction of sp³-hybridized carbons (Fsp3) is 0.286. The van der Waals surface area contributed by atoms with Gasteiger partial charge in [0.1, 0.15) is 5.76 Å². The summed E-state index contributed by atoms with van der Waals surface area (Å²) in [5, 5.41) is 10.1. The molecule has 2 heteroatoms. The van der Waals surface area contributed by atoms with Crippen LogP contribution in [0.25, 0.3) is 0 Å². The van der Waals surface area contributed by atoms with Crippen molar-refractivity contribution in [1.82, 2.24) is 0 Å². The zero-order valence-corrected chi connectivity index (χ0v) is 9.60. The summed E-state index contributed by atoms with van der Waals surface area (Å²) in [6.45, 7) is 3.93. The molecule has 0 aliphatic rings. The number of furan rings is 1. The Bertz CT molecular complexity index is 471. The SMILES string of the molecule is Cc1ccccc1CC(O)c1ccoc1C. The number of aryl methyl sites for hydroxylation is 2. The second-order valence-electron chi connectivity index (χ2n) is 4.08. The van der Waals surface area contributed by atoms with Crippen LogP contribution in [0.1, 0.15) is 28.6 Å². The van der Waals surface area contributed by atoms with Crippen molar-refractivity contribution in [2.45, 2.75) is 26.4 Å². The highest BCUT2D eigenvalue weighted by Crippen LogP contribution is 2.23. The minimum Gasteiger partial charge on any atom is -0.469 e. The number of rotatable bonds is 3. The highest BCUT2D eigenvalue weighted by atomic mass is 16.3. The molecular weight excluding hydrogens is 200 g/mol. The Hall–Kier alpha value is -1.54. The third kappa shape index (κ3) is 2.17. The maximum absolute atomic E-state index is 10.1. The van der Waals surface area contributed by atoms with E-state index in [1.54, 1.807) is 6.26 Å². The molecule has 1 N–H and O–H groups in total. The maximum atomic E-state index is 10.1. The molecule has 1 aromatic heterocycles. The molecule has 2 nitrogen and oxygen atoms in total. The molecule has 2 aromatic rings. The second kappa shape index (κ2) is 4.54. The Balaban J connectivity index is 2.17. The molecule has 0 saturated carbocycles. The van der Waals surface area contributed by atoms with Crippen LogP contribution in [-0.4, -0.2) is 5.11 Å². The Morgan fingerprint density at radius 3 is 2.56 bits per heavy atom. The van der Waals surface area contributed by atoms with E-state index in [0.29, 0.717) is 6.42 Å². The van der Waals surface area contributed by atoms with Crippen molar-refractivity contribution in [2.24, 2.45) is 0 Å². The number of hydrogen-bond donors (Lipinski definition) is 1. The van der Waals surface area contributed by atoms with Gasteiger partial charge in [0.2, 0.25) is 0 Å².